The van der Waals surface area contributed by atoms with Gasteiger partial charge in [0.15, 0.2) is 5.11 Å². The summed E-state index contributed by atoms with van der Waals surface area (Å²) in [6.45, 7) is 0. The highest BCUT2D eigenvalue weighted by molar-refractivity contribution is 7.80. The van der Waals surface area contributed by atoms with Crippen molar-refractivity contribution in [3.8, 4) is 5.75 Å². The zero-order chi connectivity index (χ0) is 19.8. The summed E-state index contributed by atoms with van der Waals surface area (Å²) in [7, 11) is 0. The van der Waals surface area contributed by atoms with Crippen LogP contribution in [-0.2, 0) is 0 Å². The number of esters is 1. The summed E-state index contributed by atoms with van der Waals surface area (Å²) >= 11 is 5.26. The molecule has 0 saturated heterocycles. The Morgan fingerprint density at radius 1 is 1.07 bits per heavy atom. The molecule has 0 radical (unpaired) electrons. The predicted octanol–water partition coefficient (Wildman–Crippen LogP) is 4.18. The van der Waals surface area contributed by atoms with Crippen molar-refractivity contribution in [2.75, 3.05) is 0 Å². The average Bonchev–Trinajstić information content (AvgIpc) is 2.70. The van der Waals surface area contributed by atoms with Gasteiger partial charge in [-0.3, -0.25) is 5.43 Å². The molecule has 5 nitrogen and oxygen atoms in total. The maximum absolute atomic E-state index is 12.9. The molecule has 2 aromatic rings. The van der Waals surface area contributed by atoms with Crippen LogP contribution in [0.3, 0.4) is 0 Å². The zero-order valence-corrected chi connectivity index (χ0v) is 16.2. The van der Waals surface area contributed by atoms with Gasteiger partial charge in [0.2, 0.25) is 0 Å². The van der Waals surface area contributed by atoms with Crippen molar-refractivity contribution in [3.63, 3.8) is 0 Å². The second-order valence-corrected chi connectivity index (χ2v) is 7.05. The van der Waals surface area contributed by atoms with Crippen molar-refractivity contribution < 1.29 is 13.9 Å². The molecule has 28 heavy (non-hydrogen) atoms. The molecular weight excluding hydrogens is 377 g/mol. The van der Waals surface area contributed by atoms with Crippen molar-refractivity contribution in [1.82, 2.24) is 10.7 Å². The Bertz CT molecular complexity index is 832. The maximum atomic E-state index is 12.9. The van der Waals surface area contributed by atoms with Crippen LogP contribution in [0.15, 0.2) is 53.6 Å². The third-order valence-electron chi connectivity index (χ3n) is 4.49. The zero-order valence-electron chi connectivity index (χ0n) is 15.4. The summed E-state index contributed by atoms with van der Waals surface area (Å²) in [4.78, 5) is 12.0. The lowest BCUT2D eigenvalue weighted by molar-refractivity contribution is 0.0734. The molecule has 1 saturated carbocycles. The minimum Gasteiger partial charge on any atom is -0.423 e. The van der Waals surface area contributed by atoms with E-state index in [4.69, 9.17) is 17.0 Å². The van der Waals surface area contributed by atoms with Crippen molar-refractivity contribution >= 4 is 29.5 Å². The molecule has 2 N–H and O–H groups in total. The Morgan fingerprint density at radius 2 is 1.75 bits per heavy atom. The Morgan fingerprint density at radius 3 is 2.43 bits per heavy atom. The Labute approximate surface area is 169 Å². The highest BCUT2D eigenvalue weighted by Gasteiger charge is 2.13. The lowest BCUT2D eigenvalue weighted by atomic mass is 9.96. The fourth-order valence-electron chi connectivity index (χ4n) is 3.00. The summed E-state index contributed by atoms with van der Waals surface area (Å²) in [5.74, 6) is -0.543. The summed E-state index contributed by atoms with van der Waals surface area (Å²) in [5.41, 5.74) is 3.94. The minimum absolute atomic E-state index is 0.287. The van der Waals surface area contributed by atoms with E-state index in [2.05, 4.69) is 15.8 Å². The van der Waals surface area contributed by atoms with E-state index in [1.54, 1.807) is 30.5 Å². The fraction of sp³-hybridized carbons (Fsp3) is 0.286. The summed E-state index contributed by atoms with van der Waals surface area (Å²) in [6, 6.07) is 12.5. The summed E-state index contributed by atoms with van der Waals surface area (Å²) < 4.78 is 18.2. The number of ether oxygens (including phenoxy) is 1. The Hall–Kier alpha value is -2.80. The van der Waals surface area contributed by atoms with E-state index in [0.29, 0.717) is 16.9 Å². The van der Waals surface area contributed by atoms with Gasteiger partial charge in [-0.25, -0.2) is 9.18 Å². The minimum atomic E-state index is -0.540. The van der Waals surface area contributed by atoms with Gasteiger partial charge >= 0.3 is 5.97 Å². The normalized spacial score (nSPS) is 14.6. The van der Waals surface area contributed by atoms with Crippen LogP contribution < -0.4 is 15.5 Å². The van der Waals surface area contributed by atoms with Crippen molar-refractivity contribution in [3.05, 3.63) is 65.5 Å². The SMILES string of the molecule is O=C(Oc1ccc(/C=N/NC(=S)NC2CCCCC2)cc1)c1ccc(F)cc1. The summed E-state index contributed by atoms with van der Waals surface area (Å²) in [5, 5.41) is 7.93. The van der Waals surface area contributed by atoms with Crippen LogP contribution in [0.25, 0.3) is 0 Å². The van der Waals surface area contributed by atoms with Gasteiger partial charge in [0.05, 0.1) is 11.8 Å². The number of nitrogens with zero attached hydrogens (tertiary/aromatic N) is 1. The predicted molar refractivity (Wildman–Crippen MR) is 111 cm³/mol. The van der Waals surface area contributed by atoms with Gasteiger partial charge in [-0.05, 0) is 79.2 Å². The molecule has 0 atom stereocenters. The van der Waals surface area contributed by atoms with Crippen LogP contribution >= 0.6 is 12.2 Å². The number of thiocarbonyl (C=S) groups is 1. The number of rotatable bonds is 5. The average molecular weight is 399 g/mol. The van der Waals surface area contributed by atoms with Gasteiger partial charge in [0.25, 0.3) is 0 Å². The number of benzene rings is 2. The first-order valence-corrected chi connectivity index (χ1v) is 9.68. The van der Waals surface area contributed by atoms with Gasteiger partial charge < -0.3 is 10.1 Å². The maximum Gasteiger partial charge on any atom is 0.343 e. The molecule has 2 aromatic carbocycles. The van der Waals surface area contributed by atoms with Crippen LogP contribution in [0.5, 0.6) is 5.75 Å². The van der Waals surface area contributed by atoms with Gasteiger partial charge in [-0.15, -0.1) is 0 Å². The number of nitrogens with one attached hydrogen (secondary N) is 2. The lowest BCUT2D eigenvalue weighted by Crippen LogP contribution is -2.40. The molecule has 0 unspecified atom stereocenters. The van der Waals surface area contributed by atoms with Gasteiger partial charge in [-0.2, -0.15) is 5.10 Å². The molecule has 1 fully saturated rings. The second kappa shape index (κ2) is 9.94. The van der Waals surface area contributed by atoms with Gasteiger partial charge in [-0.1, -0.05) is 19.3 Å². The second-order valence-electron chi connectivity index (χ2n) is 6.64. The molecule has 0 aromatic heterocycles. The van der Waals surface area contributed by atoms with Crippen molar-refractivity contribution in [2.45, 2.75) is 38.1 Å². The number of hydrogen-bond donors (Lipinski definition) is 2. The number of carbonyl (C=O) groups excluding carboxylic acids is 1. The summed E-state index contributed by atoms with van der Waals surface area (Å²) in [6.07, 6.45) is 7.70. The first-order valence-electron chi connectivity index (χ1n) is 9.27. The Kier molecular flexibility index (Phi) is 7.08. The highest BCUT2D eigenvalue weighted by atomic mass is 32.1. The Balaban J connectivity index is 1.47. The van der Waals surface area contributed by atoms with E-state index in [0.717, 1.165) is 18.4 Å². The van der Waals surface area contributed by atoms with Crippen LogP contribution in [-0.4, -0.2) is 23.3 Å². The van der Waals surface area contributed by atoms with Gasteiger partial charge in [0, 0.05) is 6.04 Å². The molecule has 0 heterocycles. The molecule has 0 amide bonds. The van der Waals surface area contributed by atoms with Gasteiger partial charge in [0.1, 0.15) is 11.6 Å². The third kappa shape index (κ3) is 6.13. The fourth-order valence-corrected chi connectivity index (χ4v) is 3.22. The molecule has 0 aliphatic heterocycles. The van der Waals surface area contributed by atoms with Crippen LogP contribution in [0, 0.1) is 5.82 Å². The topological polar surface area (TPSA) is 62.7 Å². The van der Waals surface area contributed by atoms with E-state index in [1.165, 1.54) is 43.5 Å². The monoisotopic (exact) mass is 399 g/mol. The first-order chi connectivity index (χ1) is 13.6. The molecule has 146 valence electrons. The van der Waals surface area contributed by atoms with Crippen molar-refractivity contribution in [1.29, 1.82) is 0 Å². The molecular formula is C21H22FN3O2S. The molecule has 1 aliphatic rings. The molecule has 0 bridgehead atoms. The van der Waals surface area contributed by atoms with E-state index in [-0.39, 0.29) is 5.56 Å². The van der Waals surface area contributed by atoms with E-state index >= 15 is 0 Å². The molecule has 7 heteroatoms. The van der Waals surface area contributed by atoms with Crippen LogP contribution in [0.4, 0.5) is 4.39 Å². The largest absolute Gasteiger partial charge is 0.423 e. The van der Waals surface area contributed by atoms with E-state index < -0.39 is 11.8 Å². The highest BCUT2D eigenvalue weighted by Crippen LogP contribution is 2.17. The molecule has 3 rings (SSSR count). The standard InChI is InChI=1S/C21H22FN3O2S/c22-17-10-8-16(9-11-17)20(26)27-19-12-6-15(7-13-19)14-23-25-21(28)24-18-4-2-1-3-5-18/h6-14,18H,1-5H2,(H2,24,25,28)/b23-14+. The van der Waals surface area contributed by atoms with E-state index in [1.807, 2.05) is 0 Å². The number of carbonyl (C=O) groups is 1. The molecule has 0 spiro atoms. The molecule has 1 aliphatic carbocycles. The lowest BCUT2D eigenvalue weighted by Gasteiger charge is -2.23. The van der Waals surface area contributed by atoms with Crippen molar-refractivity contribution in [2.24, 2.45) is 5.10 Å². The number of hydrazone groups is 1. The van der Waals surface area contributed by atoms with Crippen LogP contribution in [0.1, 0.15) is 48.0 Å². The third-order valence-corrected chi connectivity index (χ3v) is 4.70. The number of hydrogen-bond acceptors (Lipinski definition) is 4. The quantitative estimate of drug-likeness (QED) is 0.260. The number of halogens is 1. The van der Waals surface area contributed by atoms with E-state index in [9.17, 15) is 9.18 Å². The smallest absolute Gasteiger partial charge is 0.343 e. The first kappa shape index (κ1) is 19.9. The van der Waals surface area contributed by atoms with Crippen LogP contribution in [0.2, 0.25) is 0 Å².